The number of amides is 1. The Morgan fingerprint density at radius 2 is 1.94 bits per heavy atom. The van der Waals surface area contributed by atoms with Crippen LogP contribution in [-0.2, 0) is 0 Å². The summed E-state index contributed by atoms with van der Waals surface area (Å²) in [5, 5.41) is 14.6. The third-order valence-electron chi connectivity index (χ3n) is 2.39. The summed E-state index contributed by atoms with van der Waals surface area (Å²) in [4.78, 5) is 22.0. The van der Waals surface area contributed by atoms with Crippen LogP contribution in [0.3, 0.4) is 0 Å². The Labute approximate surface area is 102 Å². The van der Waals surface area contributed by atoms with Crippen molar-refractivity contribution in [2.24, 2.45) is 0 Å². The minimum absolute atomic E-state index is 0.152. The van der Waals surface area contributed by atoms with E-state index in [1.54, 1.807) is 31.3 Å². The van der Waals surface area contributed by atoms with Gasteiger partial charge in [-0.1, -0.05) is 17.3 Å². The first-order chi connectivity index (χ1) is 8.61. The lowest BCUT2D eigenvalue weighted by Crippen LogP contribution is -2.17. The van der Waals surface area contributed by atoms with E-state index < -0.39 is 5.97 Å². The van der Waals surface area contributed by atoms with Crippen LogP contribution in [0.5, 0.6) is 0 Å². The van der Waals surface area contributed by atoms with Crippen molar-refractivity contribution in [3.63, 3.8) is 0 Å². The fraction of sp³-hybridized carbons (Fsp3) is 0.0833. The molecule has 0 unspecified atom stereocenters. The predicted octanol–water partition coefficient (Wildman–Crippen LogP) is 1.40. The number of carboxylic acids is 1. The minimum Gasteiger partial charge on any atom is -0.476 e. The summed E-state index contributed by atoms with van der Waals surface area (Å²) < 4.78 is 4.91. The van der Waals surface area contributed by atoms with Crippen LogP contribution in [0, 0.1) is 0 Å². The van der Waals surface area contributed by atoms with E-state index >= 15 is 0 Å². The molecule has 2 aromatic rings. The van der Waals surface area contributed by atoms with E-state index in [2.05, 4.69) is 10.5 Å². The summed E-state index contributed by atoms with van der Waals surface area (Å²) in [5.41, 5.74) is 1.02. The third kappa shape index (κ3) is 2.22. The number of benzene rings is 1. The fourth-order valence-corrected chi connectivity index (χ4v) is 1.44. The maximum atomic E-state index is 11.3. The zero-order valence-corrected chi connectivity index (χ0v) is 9.51. The first kappa shape index (κ1) is 11.8. The molecule has 0 bridgehead atoms. The second-order valence-corrected chi connectivity index (χ2v) is 3.54. The highest BCUT2D eigenvalue weighted by molar-refractivity contribution is 5.94. The number of aromatic carboxylic acids is 1. The summed E-state index contributed by atoms with van der Waals surface area (Å²) in [5.74, 6) is -0.992. The minimum atomic E-state index is -1.15. The summed E-state index contributed by atoms with van der Waals surface area (Å²) >= 11 is 0. The lowest BCUT2D eigenvalue weighted by Gasteiger charge is -2.00. The Kier molecular flexibility index (Phi) is 3.09. The standard InChI is InChI=1S/C12H10N2O4/c1-13-11(15)8-4-2-7(3-5-8)10-6-9(12(16)17)14-18-10/h2-6H,1H3,(H,13,15)(H,16,17). The van der Waals surface area contributed by atoms with Crippen molar-refractivity contribution < 1.29 is 19.2 Å². The van der Waals surface area contributed by atoms with Crippen molar-refractivity contribution in [3.05, 3.63) is 41.6 Å². The van der Waals surface area contributed by atoms with Crippen LogP contribution >= 0.6 is 0 Å². The smallest absolute Gasteiger partial charge is 0.358 e. The van der Waals surface area contributed by atoms with Gasteiger partial charge in [-0.2, -0.15) is 0 Å². The van der Waals surface area contributed by atoms with E-state index in [0.29, 0.717) is 16.9 Å². The van der Waals surface area contributed by atoms with Crippen LogP contribution in [0.1, 0.15) is 20.8 Å². The molecule has 1 aromatic heterocycles. The Morgan fingerprint density at radius 1 is 1.28 bits per heavy atom. The Hall–Kier alpha value is -2.63. The Morgan fingerprint density at radius 3 is 2.44 bits per heavy atom. The fourth-order valence-electron chi connectivity index (χ4n) is 1.44. The molecule has 2 N–H and O–H groups in total. The van der Waals surface area contributed by atoms with E-state index in [1.165, 1.54) is 6.07 Å². The average Bonchev–Trinajstić information content (AvgIpc) is 2.88. The average molecular weight is 246 g/mol. The summed E-state index contributed by atoms with van der Waals surface area (Å²) in [6, 6.07) is 7.90. The molecule has 0 aliphatic carbocycles. The van der Waals surface area contributed by atoms with Gasteiger partial charge in [0.15, 0.2) is 11.5 Å². The number of hydrogen-bond acceptors (Lipinski definition) is 4. The highest BCUT2D eigenvalue weighted by Gasteiger charge is 2.12. The van der Waals surface area contributed by atoms with Gasteiger partial charge in [0.2, 0.25) is 0 Å². The van der Waals surface area contributed by atoms with Crippen molar-refractivity contribution in [3.8, 4) is 11.3 Å². The monoisotopic (exact) mass is 246 g/mol. The summed E-state index contributed by atoms with van der Waals surface area (Å²) in [7, 11) is 1.55. The number of carbonyl (C=O) groups is 2. The molecule has 0 radical (unpaired) electrons. The zero-order valence-electron chi connectivity index (χ0n) is 9.51. The van der Waals surface area contributed by atoms with Gasteiger partial charge in [-0.15, -0.1) is 0 Å². The molecule has 18 heavy (non-hydrogen) atoms. The number of carbonyl (C=O) groups excluding carboxylic acids is 1. The van der Waals surface area contributed by atoms with Gasteiger partial charge in [-0.25, -0.2) is 4.79 Å². The lowest BCUT2D eigenvalue weighted by atomic mass is 10.1. The molecule has 92 valence electrons. The van der Waals surface area contributed by atoms with Gasteiger partial charge in [0.1, 0.15) is 0 Å². The molecular formula is C12H10N2O4. The van der Waals surface area contributed by atoms with E-state index in [0.717, 1.165) is 0 Å². The molecule has 6 heteroatoms. The van der Waals surface area contributed by atoms with Gasteiger partial charge in [-0.05, 0) is 12.1 Å². The van der Waals surface area contributed by atoms with Crippen LogP contribution in [0.4, 0.5) is 0 Å². The quantitative estimate of drug-likeness (QED) is 0.853. The van der Waals surface area contributed by atoms with Crippen LogP contribution < -0.4 is 5.32 Å². The molecule has 0 saturated carbocycles. The molecule has 0 atom stereocenters. The second kappa shape index (κ2) is 4.70. The predicted molar refractivity (Wildman–Crippen MR) is 62.3 cm³/mol. The van der Waals surface area contributed by atoms with Gasteiger partial charge >= 0.3 is 5.97 Å². The molecule has 6 nitrogen and oxygen atoms in total. The topological polar surface area (TPSA) is 92.4 Å². The summed E-state index contributed by atoms with van der Waals surface area (Å²) in [6.45, 7) is 0. The maximum Gasteiger partial charge on any atom is 0.358 e. The van der Waals surface area contributed by atoms with Gasteiger partial charge < -0.3 is 14.9 Å². The normalized spacial score (nSPS) is 10.1. The van der Waals surface area contributed by atoms with Crippen LogP contribution in [0.2, 0.25) is 0 Å². The molecule has 0 fully saturated rings. The molecule has 1 heterocycles. The number of nitrogens with zero attached hydrogens (tertiary/aromatic N) is 1. The van der Waals surface area contributed by atoms with Crippen molar-refractivity contribution in [2.75, 3.05) is 7.05 Å². The third-order valence-corrected chi connectivity index (χ3v) is 2.39. The molecule has 0 spiro atoms. The number of hydrogen-bond donors (Lipinski definition) is 2. The van der Waals surface area contributed by atoms with Crippen molar-refractivity contribution in [2.45, 2.75) is 0 Å². The largest absolute Gasteiger partial charge is 0.476 e. The molecule has 0 saturated heterocycles. The summed E-state index contributed by atoms with van der Waals surface area (Å²) in [6.07, 6.45) is 0. The van der Waals surface area contributed by atoms with Crippen molar-refractivity contribution >= 4 is 11.9 Å². The van der Waals surface area contributed by atoms with Crippen LogP contribution in [0.25, 0.3) is 11.3 Å². The van der Waals surface area contributed by atoms with Crippen LogP contribution in [-0.4, -0.2) is 29.2 Å². The number of nitrogens with one attached hydrogen (secondary N) is 1. The Balaban J connectivity index is 2.28. The molecule has 1 aromatic carbocycles. The molecule has 2 rings (SSSR count). The van der Waals surface area contributed by atoms with Gasteiger partial charge in [0.25, 0.3) is 5.91 Å². The van der Waals surface area contributed by atoms with Crippen molar-refractivity contribution in [1.29, 1.82) is 0 Å². The maximum absolute atomic E-state index is 11.3. The highest BCUT2D eigenvalue weighted by Crippen LogP contribution is 2.20. The molecule has 1 amide bonds. The second-order valence-electron chi connectivity index (χ2n) is 3.54. The highest BCUT2D eigenvalue weighted by atomic mass is 16.5. The number of rotatable bonds is 3. The van der Waals surface area contributed by atoms with E-state index in [9.17, 15) is 9.59 Å². The molecular weight excluding hydrogens is 236 g/mol. The van der Waals surface area contributed by atoms with Crippen molar-refractivity contribution in [1.82, 2.24) is 10.5 Å². The number of carboxylic acid groups (broad SMARTS) is 1. The van der Waals surface area contributed by atoms with E-state index in [4.69, 9.17) is 9.63 Å². The van der Waals surface area contributed by atoms with Crippen LogP contribution in [0.15, 0.2) is 34.9 Å². The van der Waals surface area contributed by atoms with E-state index in [1.807, 2.05) is 0 Å². The Bertz CT molecular complexity index is 586. The van der Waals surface area contributed by atoms with E-state index in [-0.39, 0.29) is 11.6 Å². The molecule has 0 aliphatic heterocycles. The van der Waals surface area contributed by atoms with Gasteiger partial charge in [0, 0.05) is 24.2 Å². The SMILES string of the molecule is CNC(=O)c1ccc(-c2cc(C(=O)O)no2)cc1. The first-order valence-corrected chi connectivity index (χ1v) is 5.14. The lowest BCUT2D eigenvalue weighted by molar-refractivity contribution is 0.0685. The zero-order chi connectivity index (χ0) is 13.1. The first-order valence-electron chi connectivity index (χ1n) is 5.14. The molecule has 0 aliphatic rings. The van der Waals surface area contributed by atoms with Gasteiger partial charge in [0.05, 0.1) is 0 Å². The van der Waals surface area contributed by atoms with Gasteiger partial charge in [-0.3, -0.25) is 4.79 Å². The number of aromatic nitrogens is 1.